The number of aryl methyl sites for hydroxylation is 1. The average Bonchev–Trinajstić information content (AvgIpc) is 2.96. The molecule has 1 aliphatic rings. The first-order chi connectivity index (χ1) is 12.1. The van der Waals surface area contributed by atoms with Crippen molar-refractivity contribution in [1.29, 1.82) is 0 Å². The summed E-state index contributed by atoms with van der Waals surface area (Å²) in [4.78, 5) is 24.1. The van der Waals surface area contributed by atoms with E-state index < -0.39 is 35.2 Å². The fourth-order valence-electron chi connectivity index (χ4n) is 3.45. The largest absolute Gasteiger partial charge is 0.400 e. The molecule has 0 saturated heterocycles. The summed E-state index contributed by atoms with van der Waals surface area (Å²) in [5, 5.41) is 0.371. The Kier molecular flexibility index (Phi) is 4.05. The first-order valence-corrected chi connectivity index (χ1v) is 7.82. The number of carbonyl (C=O) groups excluding carboxylic acids is 2. The van der Waals surface area contributed by atoms with E-state index in [9.17, 15) is 22.8 Å². The van der Waals surface area contributed by atoms with Crippen molar-refractivity contribution in [3.05, 3.63) is 58.8 Å². The van der Waals surface area contributed by atoms with E-state index in [0.29, 0.717) is 16.6 Å². The Labute approximate surface area is 147 Å². The summed E-state index contributed by atoms with van der Waals surface area (Å²) in [5.41, 5.74) is -0.142. The van der Waals surface area contributed by atoms with Crippen molar-refractivity contribution in [1.82, 2.24) is 4.57 Å². The minimum Gasteiger partial charge on any atom is -0.386 e. The molecule has 2 aromatic rings. The van der Waals surface area contributed by atoms with Crippen LogP contribution in [0.4, 0.5) is 13.2 Å². The Morgan fingerprint density at radius 1 is 1.19 bits per heavy atom. The summed E-state index contributed by atoms with van der Waals surface area (Å²) in [7, 11) is 1.65. The van der Waals surface area contributed by atoms with E-state index in [1.807, 2.05) is 0 Å². The molecule has 0 radical (unpaired) electrons. The van der Waals surface area contributed by atoms with Crippen LogP contribution in [0, 0.1) is 6.92 Å². The fourth-order valence-corrected chi connectivity index (χ4v) is 3.45. The molecule has 0 amide bonds. The first-order valence-electron chi connectivity index (χ1n) is 7.82. The molecule has 0 fully saturated rings. The third-order valence-electron chi connectivity index (χ3n) is 4.66. The normalized spacial score (nSPS) is 16.4. The average molecular weight is 363 g/mol. The van der Waals surface area contributed by atoms with Crippen LogP contribution in [0.15, 0.2) is 47.6 Å². The molecule has 0 spiro atoms. The number of rotatable bonds is 3. The molecule has 1 aliphatic heterocycles. The Bertz CT molecular complexity index is 995. The van der Waals surface area contributed by atoms with Gasteiger partial charge in [0.05, 0.1) is 11.1 Å². The zero-order chi connectivity index (χ0) is 19.4. The van der Waals surface area contributed by atoms with Gasteiger partial charge >= 0.3 is 18.1 Å². The quantitative estimate of drug-likeness (QED) is 0.610. The molecule has 1 unspecified atom stereocenters. The van der Waals surface area contributed by atoms with E-state index in [1.54, 1.807) is 42.8 Å². The second-order valence-corrected chi connectivity index (χ2v) is 6.30. The number of alkyl halides is 3. The van der Waals surface area contributed by atoms with Gasteiger partial charge in [-0.05, 0) is 31.1 Å². The molecule has 7 heteroatoms. The third-order valence-corrected chi connectivity index (χ3v) is 4.66. The lowest BCUT2D eigenvalue weighted by Crippen LogP contribution is -2.26. The number of benzene rings is 1. The summed E-state index contributed by atoms with van der Waals surface area (Å²) in [6, 6.07) is 6.62. The molecular weight excluding hydrogens is 347 g/mol. The molecule has 0 aliphatic carbocycles. The Hall–Kier alpha value is -2.83. The zero-order valence-corrected chi connectivity index (χ0v) is 14.4. The topological polar surface area (TPSA) is 48.3 Å². The van der Waals surface area contributed by atoms with Gasteiger partial charge in [-0.2, -0.15) is 13.2 Å². The number of halogens is 3. The van der Waals surface area contributed by atoms with Crippen molar-refractivity contribution in [3.8, 4) is 0 Å². The van der Waals surface area contributed by atoms with Crippen molar-refractivity contribution in [2.24, 2.45) is 7.05 Å². The van der Waals surface area contributed by atoms with Crippen LogP contribution in [0.25, 0.3) is 10.9 Å². The van der Waals surface area contributed by atoms with Crippen LogP contribution in [0.5, 0.6) is 0 Å². The fraction of sp³-hybridized carbons (Fsp3) is 0.263. The number of fused-ring (bicyclic) bond motifs is 1. The van der Waals surface area contributed by atoms with Gasteiger partial charge in [0.25, 0.3) is 0 Å². The highest BCUT2D eigenvalue weighted by Gasteiger charge is 2.52. The Balaban J connectivity index is 2.42. The van der Waals surface area contributed by atoms with E-state index >= 15 is 0 Å². The summed E-state index contributed by atoms with van der Waals surface area (Å²) in [5.74, 6) is -4.65. The predicted molar refractivity (Wildman–Crippen MR) is 89.4 cm³/mol. The number of cyclic esters (lactones) is 2. The summed E-state index contributed by atoms with van der Waals surface area (Å²) < 4.78 is 48.5. The van der Waals surface area contributed by atoms with Crippen LogP contribution in [0.2, 0.25) is 0 Å². The number of hydrogen-bond acceptors (Lipinski definition) is 3. The number of para-hydroxylation sites is 1. The molecule has 0 saturated carbocycles. The predicted octanol–water partition coefficient (Wildman–Crippen LogP) is 4.09. The Morgan fingerprint density at radius 2 is 1.81 bits per heavy atom. The minimum atomic E-state index is -4.80. The van der Waals surface area contributed by atoms with Crippen molar-refractivity contribution >= 4 is 22.8 Å². The maximum Gasteiger partial charge on any atom is 0.400 e. The maximum atomic E-state index is 14.1. The summed E-state index contributed by atoms with van der Waals surface area (Å²) in [6.45, 7) is 6.46. The van der Waals surface area contributed by atoms with E-state index in [4.69, 9.17) is 0 Å². The van der Waals surface area contributed by atoms with E-state index in [1.165, 1.54) is 6.92 Å². The molecule has 2 heterocycles. The van der Waals surface area contributed by atoms with E-state index in [2.05, 4.69) is 11.3 Å². The van der Waals surface area contributed by atoms with Gasteiger partial charge in [-0.25, -0.2) is 9.59 Å². The van der Waals surface area contributed by atoms with Crippen molar-refractivity contribution in [2.45, 2.75) is 25.9 Å². The molecule has 1 aromatic carbocycles. The van der Waals surface area contributed by atoms with Crippen LogP contribution < -0.4 is 0 Å². The van der Waals surface area contributed by atoms with Crippen LogP contribution >= 0.6 is 0 Å². The van der Waals surface area contributed by atoms with Gasteiger partial charge in [0.1, 0.15) is 5.92 Å². The monoisotopic (exact) mass is 363 g/mol. The Morgan fingerprint density at radius 3 is 2.38 bits per heavy atom. The lowest BCUT2D eigenvalue weighted by molar-refractivity contribution is -0.157. The summed E-state index contributed by atoms with van der Waals surface area (Å²) in [6.07, 6.45) is -4.80. The summed E-state index contributed by atoms with van der Waals surface area (Å²) >= 11 is 0. The van der Waals surface area contributed by atoms with Gasteiger partial charge < -0.3 is 9.30 Å². The standard InChI is InChI=1S/C19H16F3NO3/c1-9(2)13-15(18(25)26-17(13)24)16(19(20,21)22)14-10(3)23(4)12-8-6-5-7-11(12)14/h5-8,16H,1H2,2-4H3. The van der Waals surface area contributed by atoms with E-state index in [-0.39, 0.29) is 11.1 Å². The molecule has 3 rings (SSSR count). The second-order valence-electron chi connectivity index (χ2n) is 6.30. The zero-order valence-electron chi connectivity index (χ0n) is 14.4. The van der Waals surface area contributed by atoms with E-state index in [0.717, 1.165) is 0 Å². The number of ether oxygens (including phenoxy) is 1. The van der Waals surface area contributed by atoms with Gasteiger partial charge in [-0.1, -0.05) is 24.8 Å². The lowest BCUT2D eigenvalue weighted by atomic mass is 9.85. The number of carbonyl (C=O) groups is 2. The number of aromatic nitrogens is 1. The highest BCUT2D eigenvalue weighted by Crippen LogP contribution is 2.48. The van der Waals surface area contributed by atoms with Gasteiger partial charge in [0, 0.05) is 23.6 Å². The second kappa shape index (κ2) is 5.86. The first kappa shape index (κ1) is 18.0. The van der Waals surface area contributed by atoms with Crippen LogP contribution in [-0.4, -0.2) is 22.7 Å². The number of esters is 2. The third kappa shape index (κ3) is 2.55. The SMILES string of the molecule is C=C(C)C1=C(C(c2c(C)n(C)c3ccccc23)C(F)(F)F)C(=O)OC1=O. The molecule has 1 aromatic heterocycles. The highest BCUT2D eigenvalue weighted by atomic mass is 19.4. The maximum absolute atomic E-state index is 14.1. The lowest BCUT2D eigenvalue weighted by Gasteiger charge is -2.22. The molecular formula is C19H16F3NO3. The number of nitrogens with zero attached hydrogens (tertiary/aromatic N) is 1. The molecule has 1 atom stereocenters. The van der Waals surface area contributed by atoms with Crippen LogP contribution in [0.1, 0.15) is 24.1 Å². The van der Waals surface area contributed by atoms with Gasteiger partial charge in [-0.15, -0.1) is 0 Å². The van der Waals surface area contributed by atoms with Crippen LogP contribution in [0.3, 0.4) is 0 Å². The van der Waals surface area contributed by atoms with Crippen molar-refractivity contribution < 1.29 is 27.5 Å². The molecule has 136 valence electrons. The van der Waals surface area contributed by atoms with Crippen molar-refractivity contribution in [2.75, 3.05) is 0 Å². The molecule has 0 bridgehead atoms. The minimum absolute atomic E-state index is 0.0583. The highest BCUT2D eigenvalue weighted by molar-refractivity contribution is 6.15. The number of hydrogen-bond donors (Lipinski definition) is 0. The van der Waals surface area contributed by atoms with Gasteiger partial charge in [0.15, 0.2) is 0 Å². The molecule has 26 heavy (non-hydrogen) atoms. The van der Waals surface area contributed by atoms with Crippen LogP contribution in [-0.2, 0) is 21.4 Å². The molecule has 0 N–H and O–H groups in total. The smallest absolute Gasteiger partial charge is 0.386 e. The molecule has 4 nitrogen and oxygen atoms in total. The van der Waals surface area contributed by atoms with Gasteiger partial charge in [-0.3, -0.25) is 0 Å². The van der Waals surface area contributed by atoms with Gasteiger partial charge in [0.2, 0.25) is 0 Å². The van der Waals surface area contributed by atoms with Crippen molar-refractivity contribution in [3.63, 3.8) is 0 Å².